The minimum atomic E-state index is 0.649. The van der Waals surface area contributed by atoms with Gasteiger partial charge in [0.25, 0.3) is 0 Å². The van der Waals surface area contributed by atoms with Crippen LogP contribution in [0.5, 0.6) is 0 Å². The van der Waals surface area contributed by atoms with Crippen molar-refractivity contribution < 1.29 is 0 Å². The van der Waals surface area contributed by atoms with Crippen LogP contribution in [0.3, 0.4) is 0 Å². The van der Waals surface area contributed by atoms with Crippen LogP contribution in [0.1, 0.15) is 12.5 Å². The van der Waals surface area contributed by atoms with E-state index in [1.165, 1.54) is 11.4 Å². The molecule has 1 saturated heterocycles. The minimum absolute atomic E-state index is 0.649. The van der Waals surface area contributed by atoms with Crippen molar-refractivity contribution in [2.75, 3.05) is 30.3 Å². The SMILES string of the molecule is CC1CN(c2ccc(CCN)c(Cl)c2)CCS1. The fraction of sp³-hybridized carbons (Fsp3) is 0.538. The topological polar surface area (TPSA) is 29.3 Å². The van der Waals surface area contributed by atoms with Gasteiger partial charge in [-0.1, -0.05) is 24.6 Å². The van der Waals surface area contributed by atoms with Gasteiger partial charge in [-0.05, 0) is 30.7 Å². The Labute approximate surface area is 113 Å². The molecular formula is C13H19ClN2S. The molecule has 1 aliphatic heterocycles. The number of hydrogen-bond acceptors (Lipinski definition) is 3. The Morgan fingerprint density at radius 3 is 3.00 bits per heavy atom. The average Bonchev–Trinajstić information content (AvgIpc) is 2.32. The molecule has 0 bridgehead atoms. The van der Waals surface area contributed by atoms with E-state index in [4.69, 9.17) is 17.3 Å². The van der Waals surface area contributed by atoms with Gasteiger partial charge in [-0.3, -0.25) is 0 Å². The number of halogens is 1. The number of rotatable bonds is 3. The highest BCUT2D eigenvalue weighted by molar-refractivity contribution is 8.00. The number of anilines is 1. The molecule has 1 unspecified atom stereocenters. The van der Waals surface area contributed by atoms with Crippen molar-refractivity contribution in [3.05, 3.63) is 28.8 Å². The quantitative estimate of drug-likeness (QED) is 0.916. The third kappa shape index (κ3) is 3.30. The predicted octanol–water partition coefficient (Wildman–Crippen LogP) is 2.78. The maximum Gasteiger partial charge on any atom is 0.0459 e. The van der Waals surface area contributed by atoms with Crippen LogP contribution in [0.2, 0.25) is 5.02 Å². The highest BCUT2D eigenvalue weighted by Gasteiger charge is 2.17. The van der Waals surface area contributed by atoms with E-state index in [0.717, 1.165) is 30.1 Å². The summed E-state index contributed by atoms with van der Waals surface area (Å²) in [6.45, 7) is 5.15. The van der Waals surface area contributed by atoms with Crippen LogP contribution in [-0.4, -0.2) is 30.6 Å². The van der Waals surface area contributed by atoms with Gasteiger partial charge >= 0.3 is 0 Å². The molecule has 0 saturated carbocycles. The molecule has 0 aliphatic carbocycles. The van der Waals surface area contributed by atoms with E-state index in [1.54, 1.807) is 0 Å². The molecule has 1 fully saturated rings. The third-order valence-corrected chi connectivity index (χ3v) is 4.54. The largest absolute Gasteiger partial charge is 0.370 e. The molecule has 1 atom stereocenters. The molecule has 0 amide bonds. The summed E-state index contributed by atoms with van der Waals surface area (Å²) in [7, 11) is 0. The van der Waals surface area contributed by atoms with Crippen LogP contribution in [0.4, 0.5) is 5.69 Å². The summed E-state index contributed by atoms with van der Waals surface area (Å²) in [4.78, 5) is 2.42. The summed E-state index contributed by atoms with van der Waals surface area (Å²) in [6.07, 6.45) is 0.853. The lowest BCUT2D eigenvalue weighted by atomic mass is 10.1. The number of thioether (sulfide) groups is 1. The Hall–Kier alpha value is -0.380. The standard InChI is InChI=1S/C13H19ClN2S/c1-10-9-16(6-7-17-10)12-3-2-11(4-5-15)13(14)8-12/h2-3,8,10H,4-7,9,15H2,1H3. The van der Waals surface area contributed by atoms with Gasteiger partial charge in [0, 0.05) is 34.8 Å². The van der Waals surface area contributed by atoms with Gasteiger partial charge < -0.3 is 10.6 Å². The van der Waals surface area contributed by atoms with Crippen LogP contribution in [-0.2, 0) is 6.42 Å². The van der Waals surface area contributed by atoms with Crippen molar-refractivity contribution in [2.45, 2.75) is 18.6 Å². The lowest BCUT2D eigenvalue weighted by Crippen LogP contribution is -2.36. The zero-order valence-electron chi connectivity index (χ0n) is 10.2. The molecule has 2 rings (SSSR count). The second kappa shape index (κ2) is 5.98. The molecular weight excluding hydrogens is 252 g/mol. The van der Waals surface area contributed by atoms with Crippen molar-refractivity contribution in [2.24, 2.45) is 5.73 Å². The van der Waals surface area contributed by atoms with Gasteiger partial charge in [0.1, 0.15) is 0 Å². The molecule has 0 aromatic heterocycles. The molecule has 0 radical (unpaired) electrons. The zero-order valence-corrected chi connectivity index (χ0v) is 11.7. The lowest BCUT2D eigenvalue weighted by molar-refractivity contribution is 0.782. The summed E-state index contributed by atoms with van der Waals surface area (Å²) in [5, 5.41) is 1.55. The highest BCUT2D eigenvalue weighted by atomic mass is 35.5. The summed E-state index contributed by atoms with van der Waals surface area (Å²) in [5.41, 5.74) is 7.95. The van der Waals surface area contributed by atoms with Gasteiger partial charge in [-0.25, -0.2) is 0 Å². The Kier molecular flexibility index (Phi) is 4.60. The first-order valence-corrected chi connectivity index (χ1v) is 7.48. The first-order valence-electron chi connectivity index (χ1n) is 6.05. The molecule has 1 heterocycles. The Bertz CT molecular complexity index is 384. The molecule has 4 heteroatoms. The summed E-state index contributed by atoms with van der Waals surface area (Å²) in [5.74, 6) is 1.20. The maximum absolute atomic E-state index is 6.28. The fourth-order valence-corrected chi connectivity index (χ4v) is 3.43. The number of hydrogen-bond donors (Lipinski definition) is 1. The summed E-state index contributed by atoms with van der Waals surface area (Å²) >= 11 is 8.32. The van der Waals surface area contributed by atoms with Gasteiger partial charge in [0.2, 0.25) is 0 Å². The van der Waals surface area contributed by atoms with Gasteiger partial charge in [0.15, 0.2) is 0 Å². The van der Waals surface area contributed by atoms with Gasteiger partial charge in [-0.2, -0.15) is 11.8 Å². The van der Waals surface area contributed by atoms with Crippen LogP contribution < -0.4 is 10.6 Å². The van der Waals surface area contributed by atoms with E-state index in [0.29, 0.717) is 11.8 Å². The predicted molar refractivity (Wildman–Crippen MR) is 78.3 cm³/mol. The average molecular weight is 271 g/mol. The van der Waals surface area contributed by atoms with E-state index in [2.05, 4.69) is 30.0 Å². The first-order chi connectivity index (χ1) is 8.20. The lowest BCUT2D eigenvalue weighted by Gasteiger charge is -2.32. The van der Waals surface area contributed by atoms with E-state index in [9.17, 15) is 0 Å². The molecule has 1 aromatic carbocycles. The second-order valence-corrected chi connectivity index (χ2v) is 6.40. The maximum atomic E-state index is 6.28. The Morgan fingerprint density at radius 1 is 1.53 bits per heavy atom. The van der Waals surface area contributed by atoms with E-state index in [-0.39, 0.29) is 0 Å². The van der Waals surface area contributed by atoms with Crippen molar-refractivity contribution >= 4 is 29.1 Å². The number of nitrogens with zero attached hydrogens (tertiary/aromatic N) is 1. The molecule has 17 heavy (non-hydrogen) atoms. The monoisotopic (exact) mass is 270 g/mol. The minimum Gasteiger partial charge on any atom is -0.370 e. The second-order valence-electron chi connectivity index (χ2n) is 4.44. The van der Waals surface area contributed by atoms with E-state index in [1.807, 2.05) is 11.8 Å². The summed E-state index contributed by atoms with van der Waals surface area (Å²) in [6, 6.07) is 6.35. The molecule has 1 aliphatic rings. The summed E-state index contributed by atoms with van der Waals surface area (Å²) < 4.78 is 0. The first kappa shape index (κ1) is 13.1. The van der Waals surface area contributed by atoms with Gasteiger partial charge in [0.05, 0.1) is 0 Å². The fourth-order valence-electron chi connectivity index (χ4n) is 2.14. The third-order valence-electron chi connectivity index (χ3n) is 3.06. The Morgan fingerprint density at radius 2 is 2.35 bits per heavy atom. The van der Waals surface area contributed by atoms with Crippen molar-refractivity contribution in [3.8, 4) is 0 Å². The Balaban J connectivity index is 2.13. The van der Waals surface area contributed by atoms with Crippen LogP contribution in [0, 0.1) is 0 Å². The van der Waals surface area contributed by atoms with Crippen molar-refractivity contribution in [1.29, 1.82) is 0 Å². The molecule has 0 spiro atoms. The van der Waals surface area contributed by atoms with Crippen molar-refractivity contribution in [1.82, 2.24) is 0 Å². The van der Waals surface area contributed by atoms with Crippen LogP contribution in [0.25, 0.3) is 0 Å². The highest BCUT2D eigenvalue weighted by Crippen LogP contribution is 2.27. The van der Waals surface area contributed by atoms with Crippen LogP contribution in [0.15, 0.2) is 18.2 Å². The van der Waals surface area contributed by atoms with Gasteiger partial charge in [-0.15, -0.1) is 0 Å². The normalized spacial score (nSPS) is 20.6. The zero-order chi connectivity index (χ0) is 12.3. The van der Waals surface area contributed by atoms with Crippen LogP contribution >= 0.6 is 23.4 Å². The van der Waals surface area contributed by atoms with E-state index < -0.39 is 0 Å². The van der Waals surface area contributed by atoms with E-state index >= 15 is 0 Å². The molecule has 1 aromatic rings. The number of benzene rings is 1. The smallest absolute Gasteiger partial charge is 0.0459 e. The molecule has 94 valence electrons. The number of nitrogens with two attached hydrogens (primary N) is 1. The molecule has 2 N–H and O–H groups in total. The molecule has 2 nitrogen and oxygen atoms in total. The van der Waals surface area contributed by atoms with Crippen molar-refractivity contribution in [3.63, 3.8) is 0 Å².